The minimum Gasteiger partial charge on any atom is -0.459 e. The van der Waals surface area contributed by atoms with Gasteiger partial charge in [-0.3, -0.25) is 14.5 Å². The zero-order chi connectivity index (χ0) is 22.8. The molecule has 0 spiro atoms. The Morgan fingerprint density at radius 2 is 1.66 bits per heavy atom. The molecule has 9 heteroatoms. The van der Waals surface area contributed by atoms with Crippen molar-refractivity contribution in [2.45, 2.75) is 18.3 Å². The summed E-state index contributed by atoms with van der Waals surface area (Å²) in [5.74, 6) is -3.09. The number of halogens is 3. The van der Waals surface area contributed by atoms with Gasteiger partial charge in [0, 0.05) is 12.1 Å². The molecule has 1 unspecified atom stereocenters. The van der Waals surface area contributed by atoms with E-state index < -0.39 is 23.7 Å². The van der Waals surface area contributed by atoms with Crippen LogP contribution in [0.15, 0.2) is 88.5 Å². The Labute approximate surface area is 181 Å². The van der Waals surface area contributed by atoms with Crippen molar-refractivity contribution in [3.8, 4) is 0 Å². The highest BCUT2D eigenvalue weighted by Crippen LogP contribution is 2.38. The molecule has 1 aliphatic heterocycles. The largest absolute Gasteiger partial charge is 0.459 e. The standard InChI is InChI=1S/C23H18F3N3O3/c24-23(25,26)22(28-20(30)18-12-7-15-32-18)21(31)29(14-13-16-8-3-1-4-9-16)19(27-22)17-10-5-2-6-11-17/h1-12,15H,13-14H2,(H,28,30). The van der Waals surface area contributed by atoms with Gasteiger partial charge in [-0.2, -0.15) is 13.2 Å². The lowest BCUT2D eigenvalue weighted by atomic mass is 10.1. The van der Waals surface area contributed by atoms with E-state index in [-0.39, 0.29) is 18.1 Å². The second-order valence-corrected chi connectivity index (χ2v) is 7.13. The first-order valence-electron chi connectivity index (χ1n) is 9.76. The van der Waals surface area contributed by atoms with E-state index in [1.807, 2.05) is 18.2 Å². The molecule has 1 aromatic heterocycles. The molecule has 3 aromatic rings. The third-order valence-corrected chi connectivity index (χ3v) is 5.03. The van der Waals surface area contributed by atoms with Gasteiger partial charge in [-0.05, 0) is 24.1 Å². The monoisotopic (exact) mass is 441 g/mol. The molecule has 1 N–H and O–H groups in total. The highest BCUT2D eigenvalue weighted by molar-refractivity contribution is 6.16. The van der Waals surface area contributed by atoms with Crippen LogP contribution >= 0.6 is 0 Å². The van der Waals surface area contributed by atoms with Gasteiger partial charge in [0.25, 0.3) is 11.8 Å². The zero-order valence-corrected chi connectivity index (χ0v) is 16.7. The molecule has 1 aliphatic rings. The number of nitrogens with zero attached hydrogens (tertiary/aromatic N) is 2. The maximum Gasteiger partial charge on any atom is 0.442 e. The van der Waals surface area contributed by atoms with Crippen LogP contribution in [0.25, 0.3) is 0 Å². The Morgan fingerprint density at radius 1 is 1.00 bits per heavy atom. The van der Waals surface area contributed by atoms with E-state index in [2.05, 4.69) is 4.99 Å². The van der Waals surface area contributed by atoms with Crippen LogP contribution in [0, 0.1) is 0 Å². The lowest BCUT2D eigenvalue weighted by Gasteiger charge is -2.28. The van der Waals surface area contributed by atoms with Gasteiger partial charge in [-0.25, -0.2) is 4.99 Å². The third-order valence-electron chi connectivity index (χ3n) is 5.03. The molecule has 0 radical (unpaired) electrons. The summed E-state index contributed by atoms with van der Waals surface area (Å²) < 4.78 is 47.8. The van der Waals surface area contributed by atoms with Gasteiger partial charge in [0.15, 0.2) is 5.76 Å². The summed E-state index contributed by atoms with van der Waals surface area (Å²) in [4.78, 5) is 30.4. The number of carbonyl (C=O) groups excluding carboxylic acids is 2. The van der Waals surface area contributed by atoms with Crippen molar-refractivity contribution in [1.82, 2.24) is 10.2 Å². The van der Waals surface area contributed by atoms with Crippen LogP contribution < -0.4 is 5.32 Å². The summed E-state index contributed by atoms with van der Waals surface area (Å²) in [5.41, 5.74) is -2.29. The van der Waals surface area contributed by atoms with Crippen molar-refractivity contribution in [3.63, 3.8) is 0 Å². The third kappa shape index (κ3) is 3.89. The molecule has 0 aliphatic carbocycles. The molecule has 6 nitrogen and oxygen atoms in total. The summed E-state index contributed by atoms with van der Waals surface area (Å²) in [7, 11) is 0. The Hall–Kier alpha value is -3.88. The van der Waals surface area contributed by atoms with Crippen LogP contribution in [-0.4, -0.2) is 40.9 Å². The summed E-state index contributed by atoms with van der Waals surface area (Å²) in [6.07, 6.45) is -3.73. The number of furan rings is 1. The Morgan fingerprint density at radius 3 is 2.25 bits per heavy atom. The first kappa shape index (κ1) is 21.4. The molecular formula is C23H18F3N3O3. The second kappa shape index (κ2) is 8.33. The van der Waals surface area contributed by atoms with Crippen molar-refractivity contribution < 1.29 is 27.2 Å². The van der Waals surface area contributed by atoms with Crippen LogP contribution in [0.2, 0.25) is 0 Å². The number of hydrogen-bond donors (Lipinski definition) is 1. The number of amidine groups is 1. The van der Waals surface area contributed by atoms with E-state index in [0.29, 0.717) is 12.0 Å². The maximum atomic E-state index is 14.3. The predicted molar refractivity (Wildman–Crippen MR) is 110 cm³/mol. The average molecular weight is 441 g/mol. The smallest absolute Gasteiger partial charge is 0.442 e. The molecule has 4 rings (SSSR count). The van der Waals surface area contributed by atoms with Gasteiger partial charge in [0.2, 0.25) is 0 Å². The highest BCUT2D eigenvalue weighted by atomic mass is 19.4. The minimum absolute atomic E-state index is 0.0506. The Balaban J connectivity index is 1.74. The van der Waals surface area contributed by atoms with Crippen LogP contribution in [0.5, 0.6) is 0 Å². The maximum absolute atomic E-state index is 14.3. The molecule has 0 bridgehead atoms. The van der Waals surface area contributed by atoms with Crippen LogP contribution in [0.3, 0.4) is 0 Å². The van der Waals surface area contributed by atoms with E-state index in [9.17, 15) is 22.8 Å². The highest BCUT2D eigenvalue weighted by Gasteiger charge is 2.67. The summed E-state index contributed by atoms with van der Waals surface area (Å²) in [5, 5.41) is 1.78. The number of rotatable bonds is 6. The molecule has 1 atom stereocenters. The molecule has 0 saturated carbocycles. The van der Waals surface area contributed by atoms with Gasteiger partial charge >= 0.3 is 11.8 Å². The van der Waals surface area contributed by atoms with Gasteiger partial charge < -0.3 is 9.73 Å². The fourth-order valence-electron chi connectivity index (χ4n) is 3.43. The van der Waals surface area contributed by atoms with E-state index in [1.165, 1.54) is 12.1 Å². The average Bonchev–Trinajstić information content (AvgIpc) is 3.41. The van der Waals surface area contributed by atoms with Crippen LogP contribution in [0.1, 0.15) is 21.7 Å². The molecule has 2 amide bonds. The minimum atomic E-state index is -5.19. The predicted octanol–water partition coefficient (Wildman–Crippen LogP) is 3.80. The Kier molecular flexibility index (Phi) is 5.56. The van der Waals surface area contributed by atoms with Crippen molar-refractivity contribution in [2.75, 3.05) is 6.54 Å². The fourth-order valence-corrected chi connectivity index (χ4v) is 3.43. The topological polar surface area (TPSA) is 74.9 Å². The first-order valence-corrected chi connectivity index (χ1v) is 9.76. The van der Waals surface area contributed by atoms with Crippen molar-refractivity contribution in [1.29, 1.82) is 0 Å². The van der Waals surface area contributed by atoms with Crippen LogP contribution in [-0.2, 0) is 11.2 Å². The SMILES string of the molecule is O=C(NC1(C(F)(F)F)N=C(c2ccccc2)N(CCc2ccccc2)C1=O)c1ccco1. The number of amides is 2. The lowest BCUT2D eigenvalue weighted by molar-refractivity contribution is -0.196. The second-order valence-electron chi connectivity index (χ2n) is 7.13. The molecule has 0 saturated heterocycles. The van der Waals surface area contributed by atoms with Gasteiger partial charge in [-0.1, -0.05) is 60.7 Å². The van der Waals surface area contributed by atoms with E-state index in [0.717, 1.165) is 16.7 Å². The molecule has 164 valence electrons. The normalized spacial score (nSPS) is 18.5. The number of aliphatic imine (C=N–C) groups is 1. The van der Waals surface area contributed by atoms with E-state index in [1.54, 1.807) is 47.8 Å². The fraction of sp³-hybridized carbons (Fsp3) is 0.174. The summed E-state index contributed by atoms with van der Waals surface area (Å²) in [6.45, 7) is -0.0506. The molecule has 2 aromatic carbocycles. The molecule has 2 heterocycles. The van der Waals surface area contributed by atoms with Crippen molar-refractivity contribution >= 4 is 17.6 Å². The van der Waals surface area contributed by atoms with E-state index >= 15 is 0 Å². The van der Waals surface area contributed by atoms with Gasteiger partial charge in [0.1, 0.15) is 5.84 Å². The van der Waals surface area contributed by atoms with Gasteiger partial charge in [0.05, 0.1) is 6.26 Å². The van der Waals surface area contributed by atoms with Crippen LogP contribution in [0.4, 0.5) is 13.2 Å². The summed E-state index contributed by atoms with van der Waals surface area (Å²) in [6, 6.07) is 19.7. The Bertz CT molecular complexity index is 1130. The zero-order valence-electron chi connectivity index (χ0n) is 16.7. The number of benzene rings is 2. The quantitative estimate of drug-likeness (QED) is 0.632. The van der Waals surface area contributed by atoms with Gasteiger partial charge in [-0.15, -0.1) is 0 Å². The van der Waals surface area contributed by atoms with Crippen molar-refractivity contribution in [3.05, 3.63) is 95.9 Å². The number of hydrogen-bond acceptors (Lipinski definition) is 4. The first-order chi connectivity index (χ1) is 15.3. The van der Waals surface area contributed by atoms with E-state index in [4.69, 9.17) is 4.42 Å². The number of nitrogens with one attached hydrogen (secondary N) is 1. The molecular weight excluding hydrogens is 423 g/mol. The number of alkyl halides is 3. The molecule has 0 fully saturated rings. The van der Waals surface area contributed by atoms with Crippen molar-refractivity contribution in [2.24, 2.45) is 4.99 Å². The summed E-state index contributed by atoms with van der Waals surface area (Å²) >= 11 is 0. The number of carbonyl (C=O) groups is 2. The molecule has 32 heavy (non-hydrogen) atoms. The lowest BCUT2D eigenvalue weighted by Crippen LogP contribution is -2.63.